The summed E-state index contributed by atoms with van der Waals surface area (Å²) in [6.45, 7) is 7.04. The number of benzene rings is 1. The van der Waals surface area contributed by atoms with Crippen molar-refractivity contribution in [3.63, 3.8) is 0 Å². The van der Waals surface area contributed by atoms with Gasteiger partial charge in [-0.3, -0.25) is 5.32 Å². The number of hydrogen-bond donors (Lipinski definition) is 1. The SMILES string of the molecule is C#CCNC(C)c1c(C)cccc1C. The van der Waals surface area contributed by atoms with Crippen molar-refractivity contribution in [2.75, 3.05) is 6.54 Å². The first-order valence-corrected chi connectivity index (χ1v) is 4.89. The molecule has 0 amide bonds. The molecule has 1 unspecified atom stereocenters. The first kappa shape index (κ1) is 10.8. The van der Waals surface area contributed by atoms with Gasteiger partial charge in [0.25, 0.3) is 0 Å². The minimum Gasteiger partial charge on any atom is -0.300 e. The Morgan fingerprint density at radius 3 is 2.43 bits per heavy atom. The smallest absolute Gasteiger partial charge is 0.0578 e. The van der Waals surface area contributed by atoms with Gasteiger partial charge in [-0.05, 0) is 37.5 Å². The second kappa shape index (κ2) is 4.83. The molecule has 0 fully saturated rings. The minimum absolute atomic E-state index is 0.326. The average molecular weight is 187 g/mol. The monoisotopic (exact) mass is 187 g/mol. The van der Waals surface area contributed by atoms with Crippen LogP contribution >= 0.6 is 0 Å². The fourth-order valence-corrected chi connectivity index (χ4v) is 1.82. The lowest BCUT2D eigenvalue weighted by atomic mass is 9.97. The Morgan fingerprint density at radius 2 is 1.93 bits per heavy atom. The van der Waals surface area contributed by atoms with Crippen LogP contribution in [0.15, 0.2) is 18.2 Å². The van der Waals surface area contributed by atoms with Crippen LogP contribution in [0.4, 0.5) is 0 Å². The first-order valence-electron chi connectivity index (χ1n) is 4.89. The van der Waals surface area contributed by atoms with Gasteiger partial charge in [0.1, 0.15) is 0 Å². The third-order valence-electron chi connectivity index (χ3n) is 2.49. The van der Waals surface area contributed by atoms with Crippen molar-refractivity contribution in [3.05, 3.63) is 34.9 Å². The molecule has 0 saturated carbocycles. The zero-order chi connectivity index (χ0) is 10.6. The molecule has 14 heavy (non-hydrogen) atoms. The Bertz CT molecular complexity index is 326. The van der Waals surface area contributed by atoms with Crippen molar-refractivity contribution >= 4 is 0 Å². The Morgan fingerprint density at radius 1 is 1.36 bits per heavy atom. The molecule has 0 aliphatic heterocycles. The molecule has 0 bridgehead atoms. The summed E-state index contributed by atoms with van der Waals surface area (Å²) in [4.78, 5) is 0. The van der Waals surface area contributed by atoms with Crippen molar-refractivity contribution in [1.82, 2.24) is 5.32 Å². The third kappa shape index (κ3) is 2.37. The van der Waals surface area contributed by atoms with Crippen LogP contribution in [0.1, 0.15) is 29.7 Å². The fraction of sp³-hybridized carbons (Fsp3) is 0.385. The van der Waals surface area contributed by atoms with Crippen LogP contribution in [-0.2, 0) is 0 Å². The van der Waals surface area contributed by atoms with Crippen molar-refractivity contribution in [2.45, 2.75) is 26.8 Å². The van der Waals surface area contributed by atoms with E-state index < -0.39 is 0 Å². The predicted octanol–water partition coefficient (Wildman–Crippen LogP) is 2.59. The normalized spacial score (nSPS) is 12.1. The first-order chi connectivity index (χ1) is 6.66. The molecule has 0 spiro atoms. The third-order valence-corrected chi connectivity index (χ3v) is 2.49. The predicted molar refractivity (Wildman–Crippen MR) is 61.2 cm³/mol. The van der Waals surface area contributed by atoms with E-state index in [1.165, 1.54) is 16.7 Å². The molecule has 0 heterocycles. The molecule has 1 N–H and O–H groups in total. The highest BCUT2D eigenvalue weighted by Gasteiger charge is 2.09. The van der Waals surface area contributed by atoms with Gasteiger partial charge in [0.05, 0.1) is 6.54 Å². The summed E-state index contributed by atoms with van der Waals surface area (Å²) in [5, 5.41) is 3.29. The van der Waals surface area contributed by atoms with Crippen molar-refractivity contribution in [2.24, 2.45) is 0 Å². The number of hydrogen-bond acceptors (Lipinski definition) is 1. The van der Waals surface area contributed by atoms with Crippen molar-refractivity contribution < 1.29 is 0 Å². The van der Waals surface area contributed by atoms with E-state index in [0.717, 1.165) is 0 Å². The second-order valence-electron chi connectivity index (χ2n) is 3.61. The van der Waals surface area contributed by atoms with Gasteiger partial charge in [0.2, 0.25) is 0 Å². The summed E-state index contributed by atoms with van der Waals surface area (Å²) in [5.41, 5.74) is 4.01. The summed E-state index contributed by atoms with van der Waals surface area (Å²) in [6, 6.07) is 6.68. The summed E-state index contributed by atoms with van der Waals surface area (Å²) in [6.07, 6.45) is 5.22. The number of nitrogens with one attached hydrogen (secondary N) is 1. The van der Waals surface area contributed by atoms with Gasteiger partial charge in [0, 0.05) is 6.04 Å². The standard InChI is InChI=1S/C13H17N/c1-5-9-14-12(4)13-10(2)7-6-8-11(13)3/h1,6-8,12,14H,9H2,2-4H3. The van der Waals surface area contributed by atoms with Crippen molar-refractivity contribution in [3.8, 4) is 12.3 Å². The van der Waals surface area contributed by atoms with E-state index in [4.69, 9.17) is 6.42 Å². The van der Waals surface area contributed by atoms with Gasteiger partial charge in [-0.1, -0.05) is 24.1 Å². The van der Waals surface area contributed by atoms with Crippen LogP contribution in [0.3, 0.4) is 0 Å². The summed E-state index contributed by atoms with van der Waals surface area (Å²) >= 11 is 0. The van der Waals surface area contributed by atoms with Crippen LogP contribution in [0.5, 0.6) is 0 Å². The van der Waals surface area contributed by atoms with E-state index in [-0.39, 0.29) is 0 Å². The molecule has 0 aromatic heterocycles. The van der Waals surface area contributed by atoms with Gasteiger partial charge in [-0.15, -0.1) is 6.42 Å². The van der Waals surface area contributed by atoms with E-state index in [1.54, 1.807) is 0 Å². The minimum atomic E-state index is 0.326. The molecule has 0 aliphatic rings. The quantitative estimate of drug-likeness (QED) is 0.717. The van der Waals surface area contributed by atoms with E-state index in [0.29, 0.717) is 12.6 Å². The van der Waals surface area contributed by atoms with E-state index in [9.17, 15) is 0 Å². The Labute approximate surface area is 86.5 Å². The highest BCUT2D eigenvalue weighted by molar-refractivity contribution is 5.35. The molecule has 74 valence electrons. The van der Waals surface area contributed by atoms with Gasteiger partial charge in [-0.25, -0.2) is 0 Å². The zero-order valence-corrected chi connectivity index (χ0v) is 9.09. The lowest BCUT2D eigenvalue weighted by molar-refractivity contribution is 0.616. The van der Waals surface area contributed by atoms with Crippen LogP contribution in [0.2, 0.25) is 0 Å². The molecule has 1 heteroatoms. The van der Waals surface area contributed by atoms with Crippen LogP contribution in [0, 0.1) is 26.2 Å². The summed E-state index contributed by atoms with van der Waals surface area (Å²) in [7, 11) is 0. The molecule has 0 radical (unpaired) electrons. The molecule has 1 aromatic carbocycles. The van der Waals surface area contributed by atoms with E-state index in [2.05, 4.69) is 50.2 Å². The Balaban J connectivity index is 2.89. The zero-order valence-electron chi connectivity index (χ0n) is 9.09. The maximum Gasteiger partial charge on any atom is 0.0578 e. The molecule has 0 aliphatic carbocycles. The average Bonchev–Trinajstić information content (AvgIpc) is 2.14. The maximum absolute atomic E-state index is 5.22. The lowest BCUT2D eigenvalue weighted by Gasteiger charge is -2.17. The molecule has 1 atom stereocenters. The number of terminal acetylenes is 1. The second-order valence-corrected chi connectivity index (χ2v) is 3.61. The summed E-state index contributed by atoms with van der Waals surface area (Å²) in [5.74, 6) is 2.60. The van der Waals surface area contributed by atoms with Crippen LogP contribution in [0.25, 0.3) is 0 Å². The van der Waals surface area contributed by atoms with Crippen LogP contribution in [-0.4, -0.2) is 6.54 Å². The molecule has 0 saturated heterocycles. The van der Waals surface area contributed by atoms with Gasteiger partial charge < -0.3 is 0 Å². The van der Waals surface area contributed by atoms with Crippen LogP contribution < -0.4 is 5.32 Å². The highest BCUT2D eigenvalue weighted by Crippen LogP contribution is 2.20. The van der Waals surface area contributed by atoms with Gasteiger partial charge >= 0.3 is 0 Å². The fourth-order valence-electron chi connectivity index (χ4n) is 1.82. The van der Waals surface area contributed by atoms with E-state index >= 15 is 0 Å². The van der Waals surface area contributed by atoms with Crippen molar-refractivity contribution in [1.29, 1.82) is 0 Å². The lowest BCUT2D eigenvalue weighted by Crippen LogP contribution is -2.20. The molecule has 1 aromatic rings. The molecule has 1 nitrogen and oxygen atoms in total. The highest BCUT2D eigenvalue weighted by atomic mass is 14.9. The Kier molecular flexibility index (Phi) is 3.73. The maximum atomic E-state index is 5.22. The molecular formula is C13H17N. The van der Waals surface area contributed by atoms with Gasteiger partial charge in [-0.2, -0.15) is 0 Å². The summed E-state index contributed by atoms with van der Waals surface area (Å²) < 4.78 is 0. The van der Waals surface area contributed by atoms with Gasteiger partial charge in [0.15, 0.2) is 0 Å². The number of rotatable bonds is 3. The molecular weight excluding hydrogens is 170 g/mol. The number of aryl methyl sites for hydroxylation is 2. The largest absolute Gasteiger partial charge is 0.300 e. The molecule has 1 rings (SSSR count). The topological polar surface area (TPSA) is 12.0 Å². The Hall–Kier alpha value is -1.26. The van der Waals surface area contributed by atoms with E-state index in [1.807, 2.05) is 0 Å².